The van der Waals surface area contributed by atoms with Crippen LogP contribution >= 0.6 is 23.2 Å². The van der Waals surface area contributed by atoms with Gasteiger partial charge in [0.15, 0.2) is 0 Å². The molecule has 12 heteroatoms. The Balaban J connectivity index is 1.14. The molecule has 2 aromatic heterocycles. The number of aliphatic carboxylic acids is 1. The number of ether oxygens (including phenoxy) is 4. The van der Waals surface area contributed by atoms with E-state index in [1.54, 1.807) is 13.2 Å². The van der Waals surface area contributed by atoms with Gasteiger partial charge < -0.3 is 29.4 Å². The third-order valence-corrected chi connectivity index (χ3v) is 10.3. The van der Waals surface area contributed by atoms with Gasteiger partial charge in [-0.05, 0) is 92.0 Å². The molecule has 4 aromatic rings. The highest BCUT2D eigenvalue weighted by atomic mass is 35.5. The third kappa shape index (κ3) is 7.78. The number of rotatable bonds is 16. The van der Waals surface area contributed by atoms with Crippen molar-refractivity contribution in [2.24, 2.45) is 0 Å². The molecule has 10 nitrogen and oxygen atoms in total. The number of benzene rings is 2. The number of aromatic nitrogens is 2. The molecule has 0 unspecified atom stereocenters. The summed E-state index contributed by atoms with van der Waals surface area (Å²) in [6, 6.07) is 15.8. The lowest BCUT2D eigenvalue weighted by atomic mass is 9.92. The van der Waals surface area contributed by atoms with Crippen LogP contribution < -0.4 is 29.6 Å². The van der Waals surface area contributed by atoms with Crippen LogP contribution in [0.1, 0.15) is 66.0 Å². The fourth-order valence-corrected chi connectivity index (χ4v) is 6.34. The van der Waals surface area contributed by atoms with Crippen molar-refractivity contribution in [3.05, 3.63) is 92.0 Å². The zero-order valence-electron chi connectivity index (χ0n) is 28.9. The molecule has 0 spiro atoms. The summed E-state index contributed by atoms with van der Waals surface area (Å²) in [5, 5.41) is 16.9. The van der Waals surface area contributed by atoms with E-state index in [9.17, 15) is 9.90 Å². The first-order valence-electron chi connectivity index (χ1n) is 16.6. The van der Waals surface area contributed by atoms with Gasteiger partial charge in [-0.25, -0.2) is 0 Å². The molecule has 0 amide bonds. The van der Waals surface area contributed by atoms with E-state index in [-0.39, 0.29) is 31.2 Å². The van der Waals surface area contributed by atoms with E-state index in [0.717, 1.165) is 51.8 Å². The molecule has 0 atom stereocenters. The van der Waals surface area contributed by atoms with Gasteiger partial charge in [0, 0.05) is 29.8 Å². The largest absolute Gasteiger partial charge is 0.481 e. The SMILES string of the molecule is COc1nc(OCc2cccc(-c3cccc(COc4nc(OC)c(CNC5(C(=O)O)CC5)cc4Cl)c3C)c2C)c(Cl)cc1CNC1(C)CC1. The van der Waals surface area contributed by atoms with Gasteiger partial charge in [0.2, 0.25) is 23.5 Å². The maximum absolute atomic E-state index is 11.6. The van der Waals surface area contributed by atoms with E-state index in [0.29, 0.717) is 52.6 Å². The predicted octanol–water partition coefficient (Wildman–Crippen LogP) is 7.59. The smallest absolute Gasteiger partial charge is 0.323 e. The Morgan fingerprint density at radius 2 is 1.20 bits per heavy atom. The number of carboxylic acid groups (broad SMARTS) is 1. The number of pyridine rings is 2. The van der Waals surface area contributed by atoms with Gasteiger partial charge in [-0.3, -0.25) is 10.1 Å². The molecule has 0 radical (unpaired) electrons. The fraction of sp³-hybridized carbons (Fsp3) is 0.395. The first-order chi connectivity index (χ1) is 24.0. The molecule has 2 saturated carbocycles. The Hall–Kier alpha value is -4.09. The van der Waals surface area contributed by atoms with Crippen molar-refractivity contribution < 1.29 is 28.8 Å². The van der Waals surface area contributed by atoms with Gasteiger partial charge in [-0.15, -0.1) is 0 Å². The van der Waals surface area contributed by atoms with Crippen LogP contribution in [-0.4, -0.2) is 46.3 Å². The van der Waals surface area contributed by atoms with Gasteiger partial charge >= 0.3 is 5.97 Å². The molecule has 2 fully saturated rings. The Morgan fingerprint density at radius 3 is 1.60 bits per heavy atom. The number of nitrogens with one attached hydrogen (secondary N) is 2. The summed E-state index contributed by atoms with van der Waals surface area (Å²) >= 11 is 13.2. The Bertz CT molecular complexity index is 1910. The first kappa shape index (κ1) is 35.7. The average Bonchev–Trinajstić information content (AvgIpc) is 4.04. The van der Waals surface area contributed by atoms with Crippen molar-refractivity contribution in [3.63, 3.8) is 0 Å². The minimum Gasteiger partial charge on any atom is -0.481 e. The van der Waals surface area contributed by atoms with Crippen molar-refractivity contribution in [2.45, 2.75) is 83.8 Å². The number of hydrogen-bond donors (Lipinski definition) is 3. The summed E-state index contributed by atoms with van der Waals surface area (Å²) in [7, 11) is 3.11. The van der Waals surface area contributed by atoms with Gasteiger partial charge in [-0.1, -0.05) is 59.6 Å². The summed E-state index contributed by atoms with van der Waals surface area (Å²) < 4.78 is 23.3. The number of hydrogen-bond acceptors (Lipinski definition) is 9. The molecule has 2 heterocycles. The van der Waals surface area contributed by atoms with Crippen LogP contribution in [-0.2, 0) is 31.1 Å². The van der Waals surface area contributed by atoms with Gasteiger partial charge in [0.05, 0.1) is 14.2 Å². The van der Waals surface area contributed by atoms with Crippen LogP contribution in [0.3, 0.4) is 0 Å². The molecule has 264 valence electrons. The highest BCUT2D eigenvalue weighted by Gasteiger charge is 2.50. The highest BCUT2D eigenvalue weighted by Crippen LogP contribution is 2.38. The second-order valence-corrected chi connectivity index (χ2v) is 14.1. The second-order valence-electron chi connectivity index (χ2n) is 13.3. The van der Waals surface area contributed by atoms with Crippen molar-refractivity contribution in [2.75, 3.05) is 14.2 Å². The first-order valence-corrected chi connectivity index (χ1v) is 17.3. The molecule has 0 bridgehead atoms. The normalized spacial score (nSPS) is 15.3. The van der Waals surface area contributed by atoms with Crippen LogP contribution in [0.5, 0.6) is 23.5 Å². The molecule has 0 aliphatic heterocycles. The van der Waals surface area contributed by atoms with Gasteiger partial charge in [0.25, 0.3) is 0 Å². The third-order valence-electron chi connectivity index (χ3n) is 9.75. The van der Waals surface area contributed by atoms with Crippen LogP contribution in [0.25, 0.3) is 11.1 Å². The summed E-state index contributed by atoms with van der Waals surface area (Å²) in [6.45, 7) is 7.73. The maximum atomic E-state index is 11.6. The lowest BCUT2D eigenvalue weighted by Crippen LogP contribution is -2.38. The lowest BCUT2D eigenvalue weighted by Gasteiger charge is -2.18. The van der Waals surface area contributed by atoms with E-state index >= 15 is 0 Å². The molecular weight excluding hydrogens is 679 g/mol. The molecule has 3 N–H and O–H groups in total. The minimum absolute atomic E-state index is 0.176. The van der Waals surface area contributed by atoms with E-state index in [1.807, 2.05) is 30.3 Å². The summed E-state index contributed by atoms with van der Waals surface area (Å²) in [5.74, 6) is 0.511. The van der Waals surface area contributed by atoms with E-state index in [4.69, 9.17) is 42.1 Å². The Labute approximate surface area is 302 Å². The summed E-state index contributed by atoms with van der Waals surface area (Å²) in [4.78, 5) is 20.6. The summed E-state index contributed by atoms with van der Waals surface area (Å²) in [5.41, 5.74) is 7.06. The van der Waals surface area contributed by atoms with E-state index in [2.05, 4.69) is 53.5 Å². The average molecular weight is 722 g/mol. The van der Waals surface area contributed by atoms with E-state index in [1.165, 1.54) is 7.11 Å². The van der Waals surface area contributed by atoms with E-state index < -0.39 is 11.5 Å². The summed E-state index contributed by atoms with van der Waals surface area (Å²) in [6.07, 6.45) is 3.47. The van der Waals surface area contributed by atoms with Crippen molar-refractivity contribution in [1.82, 2.24) is 20.6 Å². The van der Waals surface area contributed by atoms with Crippen LogP contribution in [0, 0.1) is 13.8 Å². The number of nitrogens with zero attached hydrogens (tertiary/aromatic N) is 2. The number of methoxy groups -OCH3 is 2. The number of carbonyl (C=O) groups is 1. The quantitative estimate of drug-likeness (QED) is 0.107. The van der Waals surface area contributed by atoms with Gasteiger partial charge in [0.1, 0.15) is 28.8 Å². The standard InChI is InChI=1S/C38H42Cl2N4O6/c1-22-24(20-49-34-30(39)16-26(32(43-34)47-4)18-41-37(3)12-13-37)8-6-10-28(22)29-11-7-9-25(23(29)2)21-50-35-31(40)17-27(33(44-35)48-5)19-42-38(14-15-38)36(45)46/h6-11,16-17,41-42H,12-15,18-21H2,1-5H3,(H,45,46). The van der Waals surface area contributed by atoms with Crippen molar-refractivity contribution >= 4 is 29.2 Å². The Morgan fingerprint density at radius 1 is 0.740 bits per heavy atom. The molecular formula is C38H42Cl2N4O6. The molecule has 2 aromatic carbocycles. The monoisotopic (exact) mass is 720 g/mol. The highest BCUT2D eigenvalue weighted by molar-refractivity contribution is 6.32. The number of halogens is 2. The van der Waals surface area contributed by atoms with Crippen LogP contribution in [0.15, 0.2) is 48.5 Å². The zero-order chi connectivity index (χ0) is 35.6. The maximum Gasteiger partial charge on any atom is 0.323 e. The predicted molar refractivity (Wildman–Crippen MR) is 193 cm³/mol. The van der Waals surface area contributed by atoms with Gasteiger partial charge in [-0.2, -0.15) is 9.97 Å². The lowest BCUT2D eigenvalue weighted by molar-refractivity contribution is -0.140. The van der Waals surface area contributed by atoms with Crippen LogP contribution in [0.4, 0.5) is 0 Å². The molecule has 2 aliphatic carbocycles. The molecule has 50 heavy (non-hydrogen) atoms. The number of carboxylic acids is 1. The van der Waals surface area contributed by atoms with Crippen LogP contribution in [0.2, 0.25) is 10.0 Å². The minimum atomic E-state index is -0.892. The molecule has 0 saturated heterocycles. The fourth-order valence-electron chi connectivity index (χ4n) is 5.88. The molecule has 2 aliphatic rings. The van der Waals surface area contributed by atoms with Crippen molar-refractivity contribution in [3.8, 4) is 34.6 Å². The topological polar surface area (TPSA) is 124 Å². The Kier molecular flexibility index (Phi) is 10.5. The molecule has 6 rings (SSSR count). The zero-order valence-corrected chi connectivity index (χ0v) is 30.4. The van der Waals surface area contributed by atoms with Crippen molar-refractivity contribution in [1.29, 1.82) is 0 Å². The second kappa shape index (κ2) is 14.6.